The second-order valence-electron chi connectivity index (χ2n) is 10.4. The molecule has 7 nitrogen and oxygen atoms in total. The Hall–Kier alpha value is -1.93. The summed E-state index contributed by atoms with van der Waals surface area (Å²) in [5.74, 6) is 2.02. The molecule has 168 valence electrons. The largest absolute Gasteiger partial charge is 0.350 e. The van der Waals surface area contributed by atoms with Crippen LogP contribution in [0.3, 0.4) is 0 Å². The highest BCUT2D eigenvalue weighted by Gasteiger charge is 2.50. The van der Waals surface area contributed by atoms with Gasteiger partial charge < -0.3 is 5.32 Å². The summed E-state index contributed by atoms with van der Waals surface area (Å²) in [7, 11) is -4.00. The van der Waals surface area contributed by atoms with Crippen LogP contribution in [0.25, 0.3) is 5.65 Å². The Morgan fingerprint density at radius 1 is 1.23 bits per heavy atom. The van der Waals surface area contributed by atoms with Crippen LogP contribution in [-0.4, -0.2) is 40.6 Å². The summed E-state index contributed by atoms with van der Waals surface area (Å²) in [6.07, 6.45) is 10.0. The summed E-state index contributed by atoms with van der Waals surface area (Å²) in [6, 6.07) is 5.47. The van der Waals surface area contributed by atoms with E-state index in [-0.39, 0.29) is 29.4 Å². The van der Waals surface area contributed by atoms with E-state index in [1.165, 1.54) is 38.5 Å². The Bertz CT molecular complexity index is 1070. The third-order valence-corrected chi connectivity index (χ3v) is 8.60. The van der Waals surface area contributed by atoms with Crippen molar-refractivity contribution in [3.63, 3.8) is 0 Å². The van der Waals surface area contributed by atoms with Gasteiger partial charge in [-0.3, -0.25) is 13.7 Å². The minimum Gasteiger partial charge on any atom is -0.350 e. The lowest BCUT2D eigenvalue weighted by Crippen LogP contribution is -2.51. The first-order chi connectivity index (χ1) is 14.7. The van der Waals surface area contributed by atoms with E-state index in [2.05, 4.69) is 10.3 Å². The molecule has 8 heteroatoms. The number of carbonyl (C=O) groups excluding carboxylic acids is 1. The van der Waals surface area contributed by atoms with E-state index in [9.17, 15) is 13.2 Å². The van der Waals surface area contributed by atoms with Crippen molar-refractivity contribution >= 4 is 21.7 Å². The predicted molar refractivity (Wildman–Crippen MR) is 118 cm³/mol. The zero-order valence-corrected chi connectivity index (χ0v) is 18.8. The molecule has 4 aliphatic rings. The van der Waals surface area contributed by atoms with Crippen LogP contribution in [0, 0.1) is 23.2 Å². The SMILES string of the molecule is CC(CCS(=O)(=O)O)c1cn2c(C(=O)NCC34CC5CC(CC(C5)C3)C4)cccc2n1. The van der Waals surface area contributed by atoms with Gasteiger partial charge in [0.2, 0.25) is 0 Å². The van der Waals surface area contributed by atoms with Gasteiger partial charge in [0.15, 0.2) is 0 Å². The van der Waals surface area contributed by atoms with Gasteiger partial charge in [-0.2, -0.15) is 8.42 Å². The van der Waals surface area contributed by atoms with E-state index in [4.69, 9.17) is 4.55 Å². The number of nitrogens with one attached hydrogen (secondary N) is 1. The van der Waals surface area contributed by atoms with Crippen molar-refractivity contribution in [2.24, 2.45) is 23.2 Å². The highest BCUT2D eigenvalue weighted by molar-refractivity contribution is 7.85. The maximum atomic E-state index is 13.1. The van der Waals surface area contributed by atoms with Crippen molar-refractivity contribution in [2.75, 3.05) is 12.3 Å². The van der Waals surface area contributed by atoms with E-state index >= 15 is 0 Å². The van der Waals surface area contributed by atoms with Crippen LogP contribution in [0.1, 0.15) is 74.0 Å². The number of hydrogen-bond donors (Lipinski definition) is 2. The molecule has 2 heterocycles. The molecule has 31 heavy (non-hydrogen) atoms. The van der Waals surface area contributed by atoms with Gasteiger partial charge >= 0.3 is 0 Å². The zero-order chi connectivity index (χ0) is 21.8. The summed E-state index contributed by atoms with van der Waals surface area (Å²) >= 11 is 0. The number of aromatic nitrogens is 2. The lowest BCUT2D eigenvalue weighted by Gasteiger charge is -2.56. The fraction of sp³-hybridized carbons (Fsp3) is 0.652. The van der Waals surface area contributed by atoms with Crippen LogP contribution < -0.4 is 5.32 Å². The van der Waals surface area contributed by atoms with Crippen molar-refractivity contribution in [1.29, 1.82) is 0 Å². The highest BCUT2D eigenvalue weighted by Crippen LogP contribution is 2.59. The topological polar surface area (TPSA) is 101 Å². The van der Waals surface area contributed by atoms with Crippen molar-refractivity contribution < 1.29 is 17.8 Å². The fourth-order valence-corrected chi connectivity index (χ4v) is 7.44. The second-order valence-corrected chi connectivity index (χ2v) is 12.0. The van der Waals surface area contributed by atoms with Crippen LogP contribution in [0.4, 0.5) is 0 Å². The molecule has 4 aliphatic carbocycles. The van der Waals surface area contributed by atoms with E-state index in [0.717, 1.165) is 24.3 Å². The van der Waals surface area contributed by atoms with Crippen LogP contribution >= 0.6 is 0 Å². The zero-order valence-electron chi connectivity index (χ0n) is 18.0. The van der Waals surface area contributed by atoms with Gasteiger partial charge in [0, 0.05) is 18.7 Å². The van der Waals surface area contributed by atoms with Gasteiger partial charge in [-0.25, -0.2) is 4.98 Å². The number of pyridine rings is 1. The van der Waals surface area contributed by atoms with Crippen LogP contribution in [0.15, 0.2) is 24.4 Å². The number of nitrogens with zero attached hydrogens (tertiary/aromatic N) is 2. The molecule has 0 saturated heterocycles. The Balaban J connectivity index is 1.30. The predicted octanol–water partition coefficient (Wildman–Crippen LogP) is 3.66. The molecule has 0 aromatic carbocycles. The van der Waals surface area contributed by atoms with Crippen LogP contribution in [0.2, 0.25) is 0 Å². The van der Waals surface area contributed by atoms with Crippen molar-refractivity contribution in [3.05, 3.63) is 35.8 Å². The average molecular weight is 446 g/mol. The lowest BCUT2D eigenvalue weighted by atomic mass is 9.49. The standard InChI is InChI=1S/C23H31N3O4S/c1-15(5-6-31(28,29)30)19-13-26-20(3-2-4-21(26)25-19)22(27)24-14-23-10-16-7-17(11-23)9-18(8-16)12-23/h2-4,13,15-18H,5-12,14H2,1H3,(H,24,27)(H,28,29,30). The Morgan fingerprint density at radius 2 is 1.87 bits per heavy atom. The van der Waals surface area contributed by atoms with Gasteiger partial charge in [-0.1, -0.05) is 13.0 Å². The van der Waals surface area contributed by atoms with Gasteiger partial charge in [-0.15, -0.1) is 0 Å². The van der Waals surface area contributed by atoms with Gasteiger partial charge in [-0.05, 0) is 80.2 Å². The number of imidazole rings is 1. The summed E-state index contributed by atoms with van der Waals surface area (Å²) in [6.45, 7) is 2.62. The minimum absolute atomic E-state index is 0.0871. The summed E-state index contributed by atoms with van der Waals surface area (Å²) in [4.78, 5) is 17.7. The van der Waals surface area contributed by atoms with Crippen LogP contribution in [-0.2, 0) is 10.1 Å². The quantitative estimate of drug-likeness (QED) is 0.634. The molecule has 1 unspecified atom stereocenters. The maximum absolute atomic E-state index is 13.1. The molecule has 0 spiro atoms. The average Bonchev–Trinajstić information content (AvgIpc) is 3.13. The highest BCUT2D eigenvalue weighted by atomic mass is 32.2. The second kappa shape index (κ2) is 7.59. The van der Waals surface area contributed by atoms with Crippen molar-refractivity contribution in [2.45, 2.75) is 57.8 Å². The first kappa shape index (κ1) is 20.9. The summed E-state index contributed by atoms with van der Waals surface area (Å²) in [5, 5.41) is 3.23. The fourth-order valence-electron chi connectivity index (χ4n) is 6.79. The molecule has 0 aliphatic heterocycles. The molecular weight excluding hydrogens is 414 g/mol. The molecule has 2 N–H and O–H groups in total. The molecule has 2 aromatic heterocycles. The number of rotatable bonds is 7. The minimum atomic E-state index is -4.00. The van der Waals surface area contributed by atoms with Gasteiger partial charge in [0.1, 0.15) is 11.3 Å². The third kappa shape index (κ3) is 4.24. The Morgan fingerprint density at radius 3 is 2.48 bits per heavy atom. The van der Waals surface area contributed by atoms with Crippen molar-refractivity contribution in [3.8, 4) is 0 Å². The normalized spacial score (nSPS) is 30.6. The Labute approximate surface area is 183 Å². The lowest BCUT2D eigenvalue weighted by molar-refractivity contribution is -0.0503. The molecule has 6 rings (SSSR count). The molecule has 0 radical (unpaired) electrons. The first-order valence-corrected chi connectivity index (χ1v) is 13.0. The van der Waals surface area contributed by atoms with E-state index in [0.29, 0.717) is 17.0 Å². The third-order valence-electron chi connectivity index (χ3n) is 7.85. The van der Waals surface area contributed by atoms with Gasteiger partial charge in [0.05, 0.1) is 11.4 Å². The van der Waals surface area contributed by atoms with E-state index in [1.54, 1.807) is 10.5 Å². The molecule has 4 saturated carbocycles. The monoisotopic (exact) mass is 445 g/mol. The smallest absolute Gasteiger partial charge is 0.268 e. The molecule has 1 amide bonds. The van der Waals surface area contributed by atoms with Crippen molar-refractivity contribution in [1.82, 2.24) is 14.7 Å². The van der Waals surface area contributed by atoms with Crippen LogP contribution in [0.5, 0.6) is 0 Å². The number of amides is 1. The molecular formula is C23H31N3O4S. The molecule has 1 atom stereocenters. The number of hydrogen-bond acceptors (Lipinski definition) is 4. The van der Waals surface area contributed by atoms with Gasteiger partial charge in [0.25, 0.3) is 16.0 Å². The number of carbonyl (C=O) groups is 1. The maximum Gasteiger partial charge on any atom is 0.268 e. The molecule has 4 fully saturated rings. The molecule has 4 bridgehead atoms. The molecule has 2 aromatic rings. The summed E-state index contributed by atoms with van der Waals surface area (Å²) in [5.41, 5.74) is 2.20. The van der Waals surface area contributed by atoms with E-state index in [1.807, 2.05) is 25.3 Å². The van der Waals surface area contributed by atoms with E-state index < -0.39 is 10.1 Å². The summed E-state index contributed by atoms with van der Waals surface area (Å²) < 4.78 is 32.9. The Kier molecular flexibility index (Phi) is 5.13. The first-order valence-electron chi connectivity index (χ1n) is 11.4. The number of fused-ring (bicyclic) bond motifs is 1.